The smallest absolute Gasteiger partial charge is 0.409 e. The summed E-state index contributed by atoms with van der Waals surface area (Å²) >= 11 is 0. The van der Waals surface area contributed by atoms with Crippen LogP contribution in [0.1, 0.15) is 26.3 Å². The first kappa shape index (κ1) is 18.1. The van der Waals surface area contributed by atoms with Gasteiger partial charge in [-0.25, -0.2) is 4.79 Å². The second kappa shape index (κ2) is 8.57. The van der Waals surface area contributed by atoms with E-state index in [1.807, 2.05) is 24.3 Å². The average Bonchev–Trinajstić information content (AvgIpc) is 2.61. The van der Waals surface area contributed by atoms with Gasteiger partial charge in [-0.15, -0.1) is 0 Å². The minimum absolute atomic E-state index is 0.0515. The van der Waals surface area contributed by atoms with Crippen molar-refractivity contribution in [1.29, 1.82) is 0 Å². The highest BCUT2D eigenvalue weighted by Gasteiger charge is 2.28. The van der Waals surface area contributed by atoms with Crippen LogP contribution in [0.15, 0.2) is 24.3 Å². The predicted molar refractivity (Wildman–Crippen MR) is 91.1 cm³/mol. The van der Waals surface area contributed by atoms with Crippen molar-refractivity contribution in [3.63, 3.8) is 0 Å². The molecule has 1 aliphatic rings. The molecule has 1 aromatic rings. The summed E-state index contributed by atoms with van der Waals surface area (Å²) in [6, 6.07) is 7.77. The first-order valence-corrected chi connectivity index (χ1v) is 8.51. The minimum atomic E-state index is -0.549. The highest BCUT2D eigenvalue weighted by molar-refractivity contribution is 5.81. The van der Waals surface area contributed by atoms with Gasteiger partial charge in [0.15, 0.2) is 6.10 Å². The quantitative estimate of drug-likeness (QED) is 0.829. The van der Waals surface area contributed by atoms with Crippen molar-refractivity contribution in [3.05, 3.63) is 29.8 Å². The molecule has 6 heteroatoms. The fourth-order valence-corrected chi connectivity index (χ4v) is 2.73. The number of carbonyl (C=O) groups excluding carboxylic acids is 2. The summed E-state index contributed by atoms with van der Waals surface area (Å²) in [6.07, 6.45) is -0.00687. The summed E-state index contributed by atoms with van der Waals surface area (Å²) in [4.78, 5) is 27.6. The number of hydrogen-bond donors (Lipinski definition) is 0. The maximum atomic E-state index is 12.6. The highest BCUT2D eigenvalue weighted by Crippen LogP contribution is 2.20. The van der Waals surface area contributed by atoms with Gasteiger partial charge in [-0.2, -0.15) is 0 Å². The molecule has 24 heavy (non-hydrogen) atoms. The Bertz CT molecular complexity index is 568. The number of para-hydroxylation sites is 1. The molecule has 1 aliphatic heterocycles. The van der Waals surface area contributed by atoms with Crippen LogP contribution in [0.3, 0.4) is 0 Å². The Morgan fingerprint density at radius 1 is 1.08 bits per heavy atom. The fraction of sp³-hybridized carbons (Fsp3) is 0.556. The number of hydrogen-bond acceptors (Lipinski definition) is 4. The molecule has 1 aromatic carbocycles. The molecule has 0 saturated carbocycles. The van der Waals surface area contributed by atoms with Crippen molar-refractivity contribution in [2.45, 2.75) is 33.3 Å². The Kier molecular flexibility index (Phi) is 6.46. The number of rotatable bonds is 5. The number of benzene rings is 1. The van der Waals surface area contributed by atoms with E-state index in [0.29, 0.717) is 32.8 Å². The number of carbonyl (C=O) groups is 2. The van der Waals surface area contributed by atoms with E-state index in [0.717, 1.165) is 17.7 Å². The SMILES string of the molecule is CCOC(=O)N1CCN(C(=O)C(C)Oc2ccccc2CC)CC1. The first-order chi connectivity index (χ1) is 11.6. The van der Waals surface area contributed by atoms with Crippen molar-refractivity contribution in [3.8, 4) is 5.75 Å². The molecule has 0 N–H and O–H groups in total. The van der Waals surface area contributed by atoms with E-state index in [1.165, 1.54) is 0 Å². The summed E-state index contributed by atoms with van der Waals surface area (Å²) in [5.74, 6) is 0.704. The van der Waals surface area contributed by atoms with Gasteiger partial charge in [-0.05, 0) is 31.9 Å². The van der Waals surface area contributed by atoms with E-state index in [9.17, 15) is 9.59 Å². The number of nitrogens with zero attached hydrogens (tertiary/aromatic N) is 2. The third-order valence-electron chi connectivity index (χ3n) is 4.12. The fourth-order valence-electron chi connectivity index (χ4n) is 2.73. The monoisotopic (exact) mass is 334 g/mol. The number of amides is 2. The van der Waals surface area contributed by atoms with Crippen LogP contribution >= 0.6 is 0 Å². The van der Waals surface area contributed by atoms with Crippen molar-refractivity contribution in [2.75, 3.05) is 32.8 Å². The van der Waals surface area contributed by atoms with Gasteiger partial charge in [0, 0.05) is 26.2 Å². The van der Waals surface area contributed by atoms with Crippen LogP contribution in [-0.2, 0) is 16.0 Å². The van der Waals surface area contributed by atoms with Crippen molar-refractivity contribution >= 4 is 12.0 Å². The summed E-state index contributed by atoms with van der Waals surface area (Å²) in [7, 11) is 0. The molecule has 0 aliphatic carbocycles. The topological polar surface area (TPSA) is 59.1 Å². The van der Waals surface area contributed by atoms with Crippen molar-refractivity contribution in [1.82, 2.24) is 9.80 Å². The lowest BCUT2D eigenvalue weighted by Crippen LogP contribution is -2.53. The van der Waals surface area contributed by atoms with Gasteiger partial charge in [0.2, 0.25) is 0 Å². The molecule has 0 bridgehead atoms. The second-order valence-electron chi connectivity index (χ2n) is 5.73. The molecule has 2 amide bonds. The Morgan fingerprint density at radius 2 is 1.71 bits per heavy atom. The van der Waals surface area contributed by atoms with E-state index in [1.54, 1.807) is 23.6 Å². The van der Waals surface area contributed by atoms with Gasteiger partial charge in [0.05, 0.1) is 6.61 Å². The Balaban J connectivity index is 1.89. The van der Waals surface area contributed by atoms with Crippen molar-refractivity contribution in [2.24, 2.45) is 0 Å². The van der Waals surface area contributed by atoms with Crippen molar-refractivity contribution < 1.29 is 19.1 Å². The summed E-state index contributed by atoms with van der Waals surface area (Å²) in [6.45, 7) is 7.95. The van der Waals surface area contributed by atoms with Gasteiger partial charge < -0.3 is 19.3 Å². The van der Waals surface area contributed by atoms with E-state index < -0.39 is 6.10 Å². The zero-order chi connectivity index (χ0) is 17.5. The predicted octanol–water partition coefficient (Wildman–Crippen LogP) is 2.32. The third-order valence-corrected chi connectivity index (χ3v) is 4.12. The number of piperazine rings is 1. The lowest BCUT2D eigenvalue weighted by molar-refractivity contribution is -0.139. The molecule has 1 unspecified atom stereocenters. The summed E-state index contributed by atoms with van der Waals surface area (Å²) < 4.78 is 10.9. The molecular formula is C18H26N2O4. The molecule has 1 saturated heterocycles. The second-order valence-corrected chi connectivity index (χ2v) is 5.73. The maximum absolute atomic E-state index is 12.6. The molecule has 6 nitrogen and oxygen atoms in total. The van der Waals surface area contributed by atoms with Crippen LogP contribution in [0, 0.1) is 0 Å². The summed E-state index contributed by atoms with van der Waals surface area (Å²) in [5.41, 5.74) is 1.09. The number of ether oxygens (including phenoxy) is 2. The van der Waals surface area contributed by atoms with Crippen LogP contribution in [0.5, 0.6) is 5.75 Å². The van der Waals surface area contributed by atoms with Crippen LogP contribution in [0.2, 0.25) is 0 Å². The van der Waals surface area contributed by atoms with Gasteiger partial charge >= 0.3 is 6.09 Å². The molecule has 1 atom stereocenters. The number of aryl methyl sites for hydroxylation is 1. The van der Waals surface area contributed by atoms with Gasteiger partial charge in [-0.3, -0.25) is 4.79 Å². The Hall–Kier alpha value is -2.24. The minimum Gasteiger partial charge on any atom is -0.481 e. The molecule has 1 fully saturated rings. The van der Waals surface area contributed by atoms with Gasteiger partial charge in [0.25, 0.3) is 5.91 Å². The Morgan fingerprint density at radius 3 is 2.33 bits per heavy atom. The van der Waals surface area contributed by atoms with E-state index in [2.05, 4.69) is 6.92 Å². The first-order valence-electron chi connectivity index (χ1n) is 8.51. The third kappa shape index (κ3) is 4.40. The molecule has 0 spiro atoms. The standard InChI is InChI=1S/C18H26N2O4/c1-4-15-8-6-7-9-16(15)24-14(3)17(21)19-10-12-20(13-11-19)18(22)23-5-2/h6-9,14H,4-5,10-13H2,1-3H3. The van der Waals surface area contributed by atoms with E-state index >= 15 is 0 Å². The lowest BCUT2D eigenvalue weighted by Gasteiger charge is -2.35. The molecule has 0 radical (unpaired) electrons. The van der Waals surface area contributed by atoms with Gasteiger partial charge in [-0.1, -0.05) is 25.1 Å². The molecule has 1 heterocycles. The molecular weight excluding hydrogens is 308 g/mol. The van der Waals surface area contributed by atoms with E-state index in [4.69, 9.17) is 9.47 Å². The van der Waals surface area contributed by atoms with Crippen LogP contribution in [-0.4, -0.2) is 60.7 Å². The molecule has 2 rings (SSSR count). The van der Waals surface area contributed by atoms with Crippen LogP contribution < -0.4 is 4.74 Å². The average molecular weight is 334 g/mol. The Labute approximate surface area is 143 Å². The highest BCUT2D eigenvalue weighted by atomic mass is 16.6. The maximum Gasteiger partial charge on any atom is 0.409 e. The van der Waals surface area contributed by atoms with Gasteiger partial charge in [0.1, 0.15) is 5.75 Å². The molecule has 0 aromatic heterocycles. The van der Waals surface area contributed by atoms with Crippen LogP contribution in [0.4, 0.5) is 4.79 Å². The van der Waals surface area contributed by atoms with E-state index in [-0.39, 0.29) is 12.0 Å². The molecule has 132 valence electrons. The normalized spacial score (nSPS) is 15.8. The summed E-state index contributed by atoms with van der Waals surface area (Å²) in [5, 5.41) is 0. The zero-order valence-corrected chi connectivity index (χ0v) is 14.7. The largest absolute Gasteiger partial charge is 0.481 e. The van der Waals surface area contributed by atoms with Crippen LogP contribution in [0.25, 0.3) is 0 Å². The lowest BCUT2D eigenvalue weighted by atomic mass is 10.1. The zero-order valence-electron chi connectivity index (χ0n) is 14.7.